The highest BCUT2D eigenvalue weighted by molar-refractivity contribution is 9.10. The number of hydrogen-bond acceptors (Lipinski definition) is 5. The Hall–Kier alpha value is -1.22. The first-order valence-corrected chi connectivity index (χ1v) is 7.68. The molecule has 6 nitrogen and oxygen atoms in total. The van der Waals surface area contributed by atoms with Gasteiger partial charge < -0.3 is 10.2 Å². The van der Waals surface area contributed by atoms with E-state index >= 15 is 0 Å². The van der Waals surface area contributed by atoms with E-state index < -0.39 is 10.0 Å². The maximum Gasteiger partial charge on any atom is 0.245 e. The molecule has 0 bridgehead atoms. The van der Waals surface area contributed by atoms with Crippen molar-refractivity contribution >= 4 is 26.0 Å². The molecule has 2 aromatic heterocycles. The molecule has 8 heteroatoms. The molecule has 0 radical (unpaired) electrons. The Bertz CT molecular complexity index is 655. The summed E-state index contributed by atoms with van der Waals surface area (Å²) in [4.78, 5) is 4.07. The Balaban J connectivity index is 2.16. The fourth-order valence-electron chi connectivity index (χ4n) is 1.43. The number of furan rings is 1. The monoisotopic (exact) mass is 345 g/mol. The molecule has 0 fully saturated rings. The van der Waals surface area contributed by atoms with E-state index in [0.29, 0.717) is 11.5 Å². The maximum absolute atomic E-state index is 12.1. The van der Waals surface area contributed by atoms with Gasteiger partial charge >= 0.3 is 0 Å². The van der Waals surface area contributed by atoms with E-state index in [9.17, 15) is 8.42 Å². The summed E-state index contributed by atoms with van der Waals surface area (Å²) in [5, 5.41) is 0. The summed E-state index contributed by atoms with van der Waals surface area (Å²) in [5.41, 5.74) is 6.03. The van der Waals surface area contributed by atoms with Crippen molar-refractivity contribution in [3.8, 4) is 0 Å². The summed E-state index contributed by atoms with van der Waals surface area (Å²) in [7, 11) is -3.66. The lowest BCUT2D eigenvalue weighted by Gasteiger charge is -2.04. The van der Waals surface area contributed by atoms with E-state index in [1.54, 1.807) is 24.4 Å². The molecule has 3 N–H and O–H groups in total. The molecule has 0 unspecified atom stereocenters. The van der Waals surface area contributed by atoms with Crippen molar-refractivity contribution in [1.82, 2.24) is 9.71 Å². The van der Waals surface area contributed by atoms with Crippen LogP contribution in [-0.2, 0) is 23.1 Å². The van der Waals surface area contributed by atoms with Crippen LogP contribution in [0.1, 0.15) is 11.5 Å². The van der Waals surface area contributed by atoms with E-state index in [0.717, 1.165) is 0 Å². The molecular weight excluding hydrogens is 334 g/mol. The maximum atomic E-state index is 12.1. The predicted molar refractivity (Wildman–Crippen MR) is 72.6 cm³/mol. The minimum atomic E-state index is -3.66. The van der Waals surface area contributed by atoms with Crippen molar-refractivity contribution in [1.29, 1.82) is 0 Å². The standard InChI is InChI=1S/C11H12BrN3O3S/c12-11-10(5-9(6-13)18-11)19(16,17)15-7-8-3-1-2-4-14-8/h1-5,15H,6-7,13H2. The number of pyridine rings is 1. The van der Waals surface area contributed by atoms with E-state index in [1.165, 1.54) is 6.07 Å². The molecule has 19 heavy (non-hydrogen) atoms. The van der Waals surface area contributed by atoms with Gasteiger partial charge in [-0.05, 0) is 28.1 Å². The number of hydrogen-bond donors (Lipinski definition) is 2. The Morgan fingerprint density at radius 2 is 2.21 bits per heavy atom. The number of nitrogens with zero attached hydrogens (tertiary/aromatic N) is 1. The molecule has 102 valence electrons. The number of rotatable bonds is 5. The van der Waals surface area contributed by atoms with Crippen molar-refractivity contribution in [3.05, 3.63) is 46.6 Å². The number of halogens is 1. The molecule has 0 saturated heterocycles. The molecular formula is C11H12BrN3O3S. The van der Waals surface area contributed by atoms with Gasteiger partial charge in [-0.2, -0.15) is 0 Å². The zero-order chi connectivity index (χ0) is 13.9. The van der Waals surface area contributed by atoms with Crippen LogP contribution in [0.3, 0.4) is 0 Å². The first kappa shape index (κ1) is 14.2. The highest BCUT2D eigenvalue weighted by Gasteiger charge is 2.21. The smallest absolute Gasteiger partial charge is 0.245 e. The molecule has 0 atom stereocenters. The molecule has 0 aliphatic rings. The molecule has 2 aromatic rings. The number of nitrogens with one attached hydrogen (secondary N) is 1. The quantitative estimate of drug-likeness (QED) is 0.852. The van der Waals surface area contributed by atoms with Crippen molar-refractivity contribution in [3.63, 3.8) is 0 Å². The summed E-state index contributed by atoms with van der Waals surface area (Å²) in [6, 6.07) is 6.68. The van der Waals surface area contributed by atoms with Crippen LogP contribution in [0, 0.1) is 0 Å². The van der Waals surface area contributed by atoms with Gasteiger partial charge in [-0.15, -0.1) is 0 Å². The third-order valence-electron chi connectivity index (χ3n) is 2.37. The fraction of sp³-hybridized carbons (Fsp3) is 0.182. The average Bonchev–Trinajstić information content (AvgIpc) is 2.80. The Morgan fingerprint density at radius 1 is 1.42 bits per heavy atom. The largest absolute Gasteiger partial charge is 0.452 e. The van der Waals surface area contributed by atoms with Gasteiger partial charge in [0.25, 0.3) is 0 Å². The Morgan fingerprint density at radius 3 is 2.79 bits per heavy atom. The van der Waals surface area contributed by atoms with Crippen LogP contribution in [0.5, 0.6) is 0 Å². The topological polar surface area (TPSA) is 98.2 Å². The lowest BCUT2D eigenvalue weighted by Crippen LogP contribution is -2.23. The van der Waals surface area contributed by atoms with E-state index in [-0.39, 0.29) is 22.7 Å². The highest BCUT2D eigenvalue weighted by atomic mass is 79.9. The summed E-state index contributed by atoms with van der Waals surface area (Å²) in [6.45, 7) is 0.243. The molecule has 0 aliphatic heterocycles. The molecule has 0 aromatic carbocycles. The van der Waals surface area contributed by atoms with Gasteiger partial charge in [0.1, 0.15) is 10.7 Å². The predicted octanol–water partition coefficient (Wildman–Crippen LogP) is 1.37. The highest BCUT2D eigenvalue weighted by Crippen LogP contribution is 2.25. The second-order valence-corrected chi connectivity index (χ2v) is 6.16. The van der Waals surface area contributed by atoms with Crippen LogP contribution < -0.4 is 10.5 Å². The lowest BCUT2D eigenvalue weighted by atomic mass is 10.4. The van der Waals surface area contributed by atoms with Crippen molar-refractivity contribution in [2.45, 2.75) is 18.0 Å². The second-order valence-electron chi connectivity index (χ2n) is 3.70. The van der Waals surface area contributed by atoms with Crippen LogP contribution in [0.15, 0.2) is 44.4 Å². The molecule has 0 amide bonds. The SMILES string of the molecule is NCc1cc(S(=O)(=O)NCc2ccccn2)c(Br)o1. The Labute approximate surface area is 119 Å². The Kier molecular flexibility index (Phi) is 4.35. The van der Waals surface area contributed by atoms with E-state index in [4.69, 9.17) is 10.2 Å². The summed E-state index contributed by atoms with van der Waals surface area (Å²) in [5.74, 6) is 0.394. The van der Waals surface area contributed by atoms with Crippen LogP contribution in [-0.4, -0.2) is 13.4 Å². The van der Waals surface area contributed by atoms with Gasteiger partial charge in [-0.25, -0.2) is 13.1 Å². The number of sulfonamides is 1. The minimum absolute atomic E-state index is 0.0314. The zero-order valence-corrected chi connectivity index (χ0v) is 12.2. The average molecular weight is 346 g/mol. The van der Waals surface area contributed by atoms with Crippen molar-refractivity contribution < 1.29 is 12.8 Å². The summed E-state index contributed by atoms with van der Waals surface area (Å²) in [6.07, 6.45) is 1.60. The fourth-order valence-corrected chi connectivity index (χ4v) is 3.43. The van der Waals surface area contributed by atoms with Gasteiger partial charge in [0.15, 0.2) is 4.67 Å². The van der Waals surface area contributed by atoms with Gasteiger partial charge in [0.05, 0.1) is 18.8 Å². The van der Waals surface area contributed by atoms with Gasteiger partial charge in [0.2, 0.25) is 10.0 Å². The third-order valence-corrected chi connectivity index (χ3v) is 4.62. The summed E-state index contributed by atoms with van der Waals surface area (Å²) < 4.78 is 31.9. The number of nitrogens with two attached hydrogens (primary N) is 1. The summed E-state index contributed by atoms with van der Waals surface area (Å²) >= 11 is 3.06. The van der Waals surface area contributed by atoms with Crippen LogP contribution in [0.4, 0.5) is 0 Å². The van der Waals surface area contributed by atoms with Crippen LogP contribution in [0.25, 0.3) is 0 Å². The molecule has 0 aliphatic carbocycles. The van der Waals surface area contributed by atoms with Crippen molar-refractivity contribution in [2.75, 3.05) is 0 Å². The zero-order valence-electron chi connectivity index (χ0n) is 9.84. The molecule has 0 spiro atoms. The molecule has 0 saturated carbocycles. The van der Waals surface area contributed by atoms with E-state index in [1.807, 2.05) is 0 Å². The first-order chi connectivity index (χ1) is 9.03. The van der Waals surface area contributed by atoms with E-state index in [2.05, 4.69) is 25.6 Å². The first-order valence-electron chi connectivity index (χ1n) is 5.41. The lowest BCUT2D eigenvalue weighted by molar-refractivity contribution is 0.483. The van der Waals surface area contributed by atoms with Gasteiger partial charge in [0, 0.05) is 12.3 Å². The normalized spacial score (nSPS) is 11.7. The van der Waals surface area contributed by atoms with Gasteiger partial charge in [-0.1, -0.05) is 6.07 Å². The van der Waals surface area contributed by atoms with Crippen LogP contribution in [0.2, 0.25) is 0 Å². The second kappa shape index (κ2) is 5.83. The third kappa shape index (κ3) is 3.41. The van der Waals surface area contributed by atoms with Gasteiger partial charge in [-0.3, -0.25) is 4.98 Å². The number of aromatic nitrogens is 1. The van der Waals surface area contributed by atoms with Crippen molar-refractivity contribution in [2.24, 2.45) is 5.73 Å². The molecule has 2 heterocycles. The molecule has 2 rings (SSSR count). The van der Waals surface area contributed by atoms with Crippen LogP contribution >= 0.6 is 15.9 Å². The minimum Gasteiger partial charge on any atom is -0.452 e.